The molecule has 2 aromatic heterocycles. The van der Waals surface area contributed by atoms with Crippen molar-refractivity contribution in [2.45, 2.75) is 37.3 Å². The molecule has 0 saturated carbocycles. The number of fused-ring (bicyclic) bond motifs is 1. The number of thiophene rings is 1. The highest BCUT2D eigenvalue weighted by Crippen LogP contribution is 2.34. The quantitative estimate of drug-likeness (QED) is 0.605. The second kappa shape index (κ2) is 8.24. The summed E-state index contributed by atoms with van der Waals surface area (Å²) in [5.74, 6) is 0.588. The highest BCUT2D eigenvalue weighted by molar-refractivity contribution is 7.98. The lowest BCUT2D eigenvalue weighted by molar-refractivity contribution is -0.123. The minimum absolute atomic E-state index is 0.0150. The molecule has 2 saturated heterocycles. The molecule has 150 valence electrons. The average molecular weight is 420 g/mol. The van der Waals surface area contributed by atoms with Crippen LogP contribution in [0, 0.1) is 5.92 Å². The Morgan fingerprint density at radius 1 is 1.14 bits per heavy atom. The van der Waals surface area contributed by atoms with E-state index in [9.17, 15) is 9.59 Å². The third-order valence-electron chi connectivity index (χ3n) is 5.59. The lowest BCUT2D eigenvalue weighted by Crippen LogP contribution is -2.41. The maximum Gasteiger partial charge on any atom is 0.264 e. The Labute approximate surface area is 172 Å². The fourth-order valence-corrected chi connectivity index (χ4v) is 5.37. The van der Waals surface area contributed by atoms with Crippen molar-refractivity contribution in [3.8, 4) is 0 Å². The van der Waals surface area contributed by atoms with Gasteiger partial charge in [-0.15, -0.1) is 11.3 Å². The van der Waals surface area contributed by atoms with Crippen LogP contribution in [0.5, 0.6) is 0 Å². The van der Waals surface area contributed by atoms with Crippen LogP contribution < -0.4 is 10.6 Å². The molecule has 7 nitrogen and oxygen atoms in total. The number of primary amides is 1. The summed E-state index contributed by atoms with van der Waals surface area (Å²) in [7, 11) is 0. The molecule has 2 fully saturated rings. The maximum atomic E-state index is 13.0. The highest BCUT2D eigenvalue weighted by Gasteiger charge is 2.28. The van der Waals surface area contributed by atoms with Gasteiger partial charge in [-0.2, -0.15) is 0 Å². The van der Waals surface area contributed by atoms with Gasteiger partial charge in [0.15, 0.2) is 5.16 Å². The Bertz CT molecular complexity index is 886. The smallest absolute Gasteiger partial charge is 0.264 e. The Morgan fingerprint density at radius 2 is 1.86 bits per heavy atom. The van der Waals surface area contributed by atoms with Crippen LogP contribution in [0.3, 0.4) is 0 Å². The zero-order valence-corrected chi connectivity index (χ0v) is 17.7. The summed E-state index contributed by atoms with van der Waals surface area (Å²) < 4.78 is 0. The normalized spacial score (nSPS) is 18.6. The minimum Gasteiger partial charge on any atom is -0.369 e. The van der Waals surface area contributed by atoms with Gasteiger partial charge in [0.05, 0.1) is 10.3 Å². The number of piperidine rings is 2. The fourth-order valence-electron chi connectivity index (χ4n) is 3.95. The van der Waals surface area contributed by atoms with E-state index in [1.807, 2.05) is 17.2 Å². The van der Waals surface area contributed by atoms with E-state index in [2.05, 4.69) is 9.88 Å². The molecule has 0 spiro atoms. The van der Waals surface area contributed by atoms with Gasteiger partial charge in [-0.05, 0) is 44.4 Å². The number of carbonyl (C=O) groups is 2. The predicted octanol–water partition coefficient (Wildman–Crippen LogP) is 2.74. The van der Waals surface area contributed by atoms with Crippen molar-refractivity contribution in [2.24, 2.45) is 11.7 Å². The molecule has 28 heavy (non-hydrogen) atoms. The van der Waals surface area contributed by atoms with Gasteiger partial charge in [-0.25, -0.2) is 9.97 Å². The summed E-state index contributed by atoms with van der Waals surface area (Å²) in [5, 5.41) is 1.72. The topological polar surface area (TPSA) is 92.4 Å². The molecule has 4 rings (SSSR count). The van der Waals surface area contributed by atoms with Gasteiger partial charge in [0, 0.05) is 32.1 Å². The fraction of sp³-hybridized carbons (Fsp3) is 0.579. The lowest BCUT2D eigenvalue weighted by atomic mass is 9.96. The van der Waals surface area contributed by atoms with Crippen molar-refractivity contribution < 1.29 is 9.59 Å². The first-order valence-corrected chi connectivity index (χ1v) is 11.8. The van der Waals surface area contributed by atoms with Crippen molar-refractivity contribution in [1.29, 1.82) is 0 Å². The van der Waals surface area contributed by atoms with Crippen LogP contribution in [-0.4, -0.2) is 59.1 Å². The van der Waals surface area contributed by atoms with Gasteiger partial charge in [0.25, 0.3) is 5.91 Å². The first kappa shape index (κ1) is 19.4. The van der Waals surface area contributed by atoms with Crippen molar-refractivity contribution >= 4 is 50.9 Å². The summed E-state index contributed by atoms with van der Waals surface area (Å²) in [4.78, 5) is 39.5. The van der Waals surface area contributed by atoms with Gasteiger partial charge in [-0.1, -0.05) is 11.8 Å². The molecule has 0 bridgehead atoms. The number of likely N-dealkylation sites (tertiary alicyclic amines) is 1. The molecule has 2 aromatic rings. The van der Waals surface area contributed by atoms with E-state index in [0.29, 0.717) is 30.8 Å². The molecule has 0 radical (unpaired) electrons. The Kier molecular flexibility index (Phi) is 5.73. The standard InChI is InChI=1S/C19H25N5O2S2/c1-27-19-21-16(23-7-3-2-4-8-23)13-11-14(28-17(13)22-19)18(26)24-9-5-12(6-10-24)15(20)25/h11-12H,2-10H2,1H3,(H2,20,25). The Morgan fingerprint density at radius 3 is 2.50 bits per heavy atom. The number of hydrogen-bond donors (Lipinski definition) is 1. The Balaban J connectivity index is 1.62. The zero-order valence-electron chi connectivity index (χ0n) is 16.0. The number of nitrogens with zero attached hydrogens (tertiary/aromatic N) is 4. The van der Waals surface area contributed by atoms with E-state index in [0.717, 1.165) is 34.3 Å². The van der Waals surface area contributed by atoms with Crippen LogP contribution in [0.15, 0.2) is 11.2 Å². The van der Waals surface area contributed by atoms with Crippen molar-refractivity contribution in [3.05, 3.63) is 10.9 Å². The summed E-state index contributed by atoms with van der Waals surface area (Å²) in [6.45, 7) is 3.14. The summed E-state index contributed by atoms with van der Waals surface area (Å²) >= 11 is 2.97. The van der Waals surface area contributed by atoms with Crippen LogP contribution in [0.1, 0.15) is 41.8 Å². The zero-order chi connectivity index (χ0) is 19.7. The van der Waals surface area contributed by atoms with Crippen LogP contribution in [0.25, 0.3) is 10.2 Å². The Hall–Kier alpha value is -1.87. The highest BCUT2D eigenvalue weighted by atomic mass is 32.2. The number of thioether (sulfide) groups is 1. The van der Waals surface area contributed by atoms with E-state index in [1.165, 1.54) is 42.4 Å². The molecule has 2 amide bonds. The molecule has 2 aliphatic rings. The molecule has 4 heterocycles. The molecule has 0 atom stereocenters. The van der Waals surface area contributed by atoms with E-state index < -0.39 is 0 Å². The summed E-state index contributed by atoms with van der Waals surface area (Å²) in [6, 6.07) is 1.95. The van der Waals surface area contributed by atoms with Crippen molar-refractivity contribution in [3.63, 3.8) is 0 Å². The van der Waals surface area contributed by atoms with Crippen LogP contribution in [0.2, 0.25) is 0 Å². The second-order valence-electron chi connectivity index (χ2n) is 7.38. The van der Waals surface area contributed by atoms with E-state index in [4.69, 9.17) is 10.7 Å². The maximum absolute atomic E-state index is 13.0. The van der Waals surface area contributed by atoms with Gasteiger partial charge < -0.3 is 15.5 Å². The lowest BCUT2D eigenvalue weighted by Gasteiger charge is -2.30. The number of anilines is 1. The molecule has 9 heteroatoms. The van der Waals surface area contributed by atoms with Gasteiger partial charge in [0.2, 0.25) is 5.91 Å². The largest absolute Gasteiger partial charge is 0.369 e. The van der Waals surface area contributed by atoms with Gasteiger partial charge >= 0.3 is 0 Å². The third-order valence-corrected chi connectivity index (χ3v) is 7.15. The van der Waals surface area contributed by atoms with Crippen LogP contribution in [-0.2, 0) is 4.79 Å². The number of carbonyl (C=O) groups excluding carboxylic acids is 2. The van der Waals surface area contributed by atoms with Gasteiger partial charge in [0.1, 0.15) is 10.6 Å². The average Bonchev–Trinajstić information content (AvgIpc) is 3.17. The summed E-state index contributed by atoms with van der Waals surface area (Å²) in [6.07, 6.45) is 6.86. The van der Waals surface area contributed by atoms with Crippen LogP contribution in [0.4, 0.5) is 5.82 Å². The second-order valence-corrected chi connectivity index (χ2v) is 9.18. The monoisotopic (exact) mass is 419 g/mol. The van der Waals surface area contributed by atoms with Crippen LogP contribution >= 0.6 is 23.1 Å². The third kappa shape index (κ3) is 3.82. The van der Waals surface area contributed by atoms with E-state index in [-0.39, 0.29) is 17.7 Å². The molecular formula is C19H25N5O2S2. The first-order valence-electron chi connectivity index (χ1n) is 9.76. The molecule has 0 unspecified atom stereocenters. The molecule has 2 N–H and O–H groups in total. The number of rotatable bonds is 4. The molecule has 2 aliphatic heterocycles. The first-order chi connectivity index (χ1) is 13.6. The number of aromatic nitrogens is 2. The van der Waals surface area contributed by atoms with E-state index in [1.54, 1.807) is 0 Å². The number of hydrogen-bond acceptors (Lipinski definition) is 7. The van der Waals surface area contributed by atoms with E-state index >= 15 is 0 Å². The molecule has 0 aromatic carbocycles. The number of nitrogens with two attached hydrogens (primary N) is 1. The van der Waals surface area contributed by atoms with Crippen molar-refractivity contribution in [2.75, 3.05) is 37.3 Å². The van der Waals surface area contributed by atoms with Crippen molar-refractivity contribution in [1.82, 2.24) is 14.9 Å². The molecular weight excluding hydrogens is 394 g/mol. The number of amides is 2. The summed E-state index contributed by atoms with van der Waals surface area (Å²) in [5.41, 5.74) is 5.40. The molecule has 0 aliphatic carbocycles. The minimum atomic E-state index is -0.264. The SMILES string of the molecule is CSc1nc(N2CCCCC2)c2cc(C(=O)N3CCC(C(N)=O)CC3)sc2n1. The predicted molar refractivity (Wildman–Crippen MR) is 113 cm³/mol. The van der Waals surface area contributed by atoms with Gasteiger partial charge in [-0.3, -0.25) is 9.59 Å².